The number of para-hydroxylation sites is 4. The SMILES string of the molecule is CC(C)Cc1ccc(C2(c3cccc(-c4ccc([Si](C)(C)C)cc4)c3)c3ccccc3-c3ccccc32)cc1.CC(C)Cc1ccc(C2(c3cccc(-c4ccc([Si](C)(C)C)cc4)c3)c3ccccc3-c3ccccc32)cc1.Cc1ccc(-c2cc(-c3cccnc3)cc(-c3cccnc3)c2)cc1.Cc1ccc(-c2cc(-n3c4ccccc4c4ccccc43)cc(-n3c4ccccc4c4ccccc43)c2)cc1. The van der Waals surface area contributed by atoms with Crippen LogP contribution in [0.1, 0.15) is 94.5 Å². The monoisotopic (exact) mass is 1860 g/mol. The fraction of sp³-hybridized carbons (Fsp3) is 0.132. The minimum Gasteiger partial charge on any atom is -0.309 e. The van der Waals surface area contributed by atoms with Gasteiger partial charge in [0.15, 0.2) is 0 Å². The topological polar surface area (TPSA) is 35.6 Å². The minimum absolute atomic E-state index is 0.363. The third kappa shape index (κ3) is 18.0. The molecule has 692 valence electrons. The van der Waals surface area contributed by atoms with Crippen molar-refractivity contribution in [1.29, 1.82) is 0 Å². The maximum absolute atomic E-state index is 4.27. The van der Waals surface area contributed by atoms with Crippen molar-refractivity contribution >= 4 is 70.1 Å². The Labute approximate surface area is 840 Å². The van der Waals surface area contributed by atoms with Crippen molar-refractivity contribution in [2.24, 2.45) is 11.8 Å². The first-order chi connectivity index (χ1) is 69.1. The van der Waals surface area contributed by atoms with E-state index in [0.717, 1.165) is 46.5 Å². The Morgan fingerprint density at radius 1 is 0.232 bits per heavy atom. The summed E-state index contributed by atoms with van der Waals surface area (Å²) in [4.78, 5) is 8.53. The molecule has 0 radical (unpaired) electrons. The van der Waals surface area contributed by atoms with Crippen molar-refractivity contribution in [3.8, 4) is 100 Å². The lowest BCUT2D eigenvalue weighted by molar-refractivity contribution is 0.646. The highest BCUT2D eigenvalue weighted by Gasteiger charge is 2.48. The molecule has 0 saturated heterocycles. The normalized spacial score (nSPS) is 12.7. The number of hydrogen-bond acceptors (Lipinski definition) is 2. The molecule has 22 aromatic rings. The van der Waals surface area contributed by atoms with Crippen LogP contribution in [0.4, 0.5) is 0 Å². The number of nitrogens with zero attached hydrogens (tertiary/aromatic N) is 4. The van der Waals surface area contributed by atoms with Gasteiger partial charge in [-0.25, -0.2) is 0 Å². The number of rotatable bonds is 18. The predicted molar refractivity (Wildman–Crippen MR) is 610 cm³/mol. The summed E-state index contributed by atoms with van der Waals surface area (Å²) in [6.07, 6.45) is 9.61. The highest BCUT2D eigenvalue weighted by molar-refractivity contribution is 6.89. The summed E-state index contributed by atoms with van der Waals surface area (Å²) in [5.74, 6) is 1.28. The van der Waals surface area contributed by atoms with Crippen molar-refractivity contribution in [2.75, 3.05) is 0 Å². The van der Waals surface area contributed by atoms with Gasteiger partial charge in [0.2, 0.25) is 0 Å². The molecule has 6 heteroatoms. The van der Waals surface area contributed by atoms with Crippen molar-refractivity contribution in [1.82, 2.24) is 19.1 Å². The number of aromatic nitrogens is 4. The van der Waals surface area contributed by atoms with Gasteiger partial charge < -0.3 is 9.13 Å². The number of pyridine rings is 2. The van der Waals surface area contributed by atoms with E-state index in [1.165, 1.54) is 188 Å². The molecule has 24 rings (SSSR count). The third-order valence-electron chi connectivity index (χ3n) is 29.0. The van der Waals surface area contributed by atoms with Crippen LogP contribution in [0.15, 0.2) is 474 Å². The number of fused-ring (bicyclic) bond motifs is 12. The Kier molecular flexibility index (Phi) is 25.6. The fourth-order valence-electron chi connectivity index (χ4n) is 22.1. The van der Waals surface area contributed by atoms with E-state index in [1.54, 1.807) is 12.4 Å². The van der Waals surface area contributed by atoms with Gasteiger partial charge in [0.1, 0.15) is 0 Å². The minimum atomic E-state index is -1.34. The van der Waals surface area contributed by atoms with Crippen LogP contribution >= 0.6 is 0 Å². The van der Waals surface area contributed by atoms with E-state index in [9.17, 15) is 0 Å². The van der Waals surface area contributed by atoms with E-state index in [1.807, 2.05) is 24.5 Å². The predicted octanol–water partition coefficient (Wildman–Crippen LogP) is 34.6. The smallest absolute Gasteiger partial charge is 0.0775 e. The van der Waals surface area contributed by atoms with E-state index in [0.29, 0.717) is 11.8 Å². The highest BCUT2D eigenvalue weighted by atomic mass is 28.3. The summed E-state index contributed by atoms with van der Waals surface area (Å²) in [5.41, 5.74) is 42.4. The fourth-order valence-corrected chi connectivity index (χ4v) is 24.4. The number of hydrogen-bond donors (Lipinski definition) is 0. The first-order valence-corrected chi connectivity index (χ1v) is 57.3. The Hall–Kier alpha value is -15.7. The molecular formula is C136H120N4Si2. The lowest BCUT2D eigenvalue weighted by Crippen LogP contribution is -2.37. The maximum Gasteiger partial charge on any atom is 0.0775 e. The summed E-state index contributed by atoms with van der Waals surface area (Å²) < 4.78 is 4.83. The van der Waals surface area contributed by atoms with Crippen LogP contribution in [0.2, 0.25) is 39.3 Å². The van der Waals surface area contributed by atoms with Gasteiger partial charge in [-0.3, -0.25) is 9.97 Å². The Balaban J connectivity index is 0.000000113. The first-order valence-electron chi connectivity index (χ1n) is 50.3. The van der Waals surface area contributed by atoms with Gasteiger partial charge in [-0.15, -0.1) is 0 Å². The molecule has 2 aliphatic carbocycles. The molecule has 0 amide bonds. The molecule has 0 aliphatic heterocycles. The highest BCUT2D eigenvalue weighted by Crippen LogP contribution is 2.59. The molecule has 0 fully saturated rings. The molecule has 0 N–H and O–H groups in total. The molecule has 18 aromatic carbocycles. The number of benzene rings is 18. The van der Waals surface area contributed by atoms with Crippen LogP contribution in [0.3, 0.4) is 0 Å². The van der Waals surface area contributed by atoms with Gasteiger partial charge in [0.25, 0.3) is 0 Å². The van der Waals surface area contributed by atoms with Crippen molar-refractivity contribution in [2.45, 2.75) is 104 Å². The van der Waals surface area contributed by atoms with E-state index in [4.69, 9.17) is 0 Å². The Morgan fingerprint density at radius 2 is 0.514 bits per heavy atom. The molecule has 4 nitrogen and oxygen atoms in total. The largest absolute Gasteiger partial charge is 0.309 e. The second-order valence-electron chi connectivity index (χ2n) is 41.6. The molecule has 0 unspecified atom stereocenters. The van der Waals surface area contributed by atoms with Crippen molar-refractivity contribution in [3.63, 3.8) is 0 Å². The third-order valence-corrected chi connectivity index (χ3v) is 33.1. The second kappa shape index (κ2) is 39.2. The lowest BCUT2D eigenvalue weighted by Gasteiger charge is -2.34. The van der Waals surface area contributed by atoms with Crippen LogP contribution in [-0.2, 0) is 23.7 Å². The molecular weight excluding hydrogens is 1750 g/mol. The summed E-state index contributed by atoms with van der Waals surface area (Å²) in [5, 5.41) is 8.08. The van der Waals surface area contributed by atoms with Gasteiger partial charge in [-0.2, -0.15) is 0 Å². The first kappa shape index (κ1) is 92.6. The zero-order valence-corrected chi connectivity index (χ0v) is 85.4. The van der Waals surface area contributed by atoms with Crippen LogP contribution < -0.4 is 10.4 Å². The van der Waals surface area contributed by atoms with Crippen molar-refractivity contribution < 1.29 is 0 Å². The Bertz CT molecular complexity index is 7680. The standard InChI is InChI=1S/2C38H38Si.C37H26N2.C23H18N2/c2*1-27(2)25-28-17-21-31(22-18-28)38(36-15-8-6-13-34(36)35-14-7-9-16-37(35)38)32-12-10-11-30(26-32)29-19-23-33(24-20-29)39(3,4)5;1-25-18-20-26(21-19-25)27-22-28(38-34-14-6-2-10-30(34)31-11-3-7-15-35(31)38)24-29(23-27)39-36-16-8-4-12-32(36)33-13-5-9-17-37(33)39;1-17-6-8-18(9-7-17)21-12-22(19-4-2-10-24-15-19)14-23(13-21)20-5-3-11-25-16-20/h2*6-24,26-27H,25H2,1-5H3;2-24H,1H3;2-16H,1H3. The Morgan fingerprint density at radius 3 is 0.824 bits per heavy atom. The van der Waals surface area contributed by atoms with Crippen LogP contribution in [0, 0.1) is 25.7 Å². The van der Waals surface area contributed by atoms with Gasteiger partial charge in [-0.05, 0) is 257 Å². The summed E-state index contributed by atoms with van der Waals surface area (Å²) in [6.45, 7) is 27.9. The second-order valence-corrected chi connectivity index (χ2v) is 51.7. The molecule has 4 heterocycles. The van der Waals surface area contributed by atoms with E-state index < -0.39 is 16.1 Å². The summed E-state index contributed by atoms with van der Waals surface area (Å²) >= 11 is 0. The summed E-state index contributed by atoms with van der Waals surface area (Å²) in [6, 6.07) is 166. The molecule has 0 saturated carbocycles. The van der Waals surface area contributed by atoms with Gasteiger partial charge >= 0.3 is 0 Å². The zero-order valence-electron chi connectivity index (χ0n) is 83.4. The van der Waals surface area contributed by atoms with Crippen LogP contribution in [0.25, 0.3) is 144 Å². The number of aryl methyl sites for hydroxylation is 2. The van der Waals surface area contributed by atoms with Crippen molar-refractivity contribution in [3.05, 3.63) is 540 Å². The molecule has 142 heavy (non-hydrogen) atoms. The summed E-state index contributed by atoms with van der Waals surface area (Å²) in [7, 11) is -2.68. The lowest BCUT2D eigenvalue weighted by atomic mass is 9.67. The molecule has 0 bridgehead atoms. The van der Waals surface area contributed by atoms with Gasteiger partial charge in [-0.1, -0.05) is 452 Å². The van der Waals surface area contributed by atoms with Gasteiger partial charge in [0.05, 0.1) is 49.0 Å². The zero-order chi connectivity index (χ0) is 97.4. The maximum atomic E-state index is 4.27. The molecule has 0 spiro atoms. The van der Waals surface area contributed by atoms with E-state index >= 15 is 0 Å². The van der Waals surface area contributed by atoms with Gasteiger partial charge in [0, 0.05) is 68.8 Å². The van der Waals surface area contributed by atoms with E-state index in [2.05, 4.69) is 537 Å². The van der Waals surface area contributed by atoms with Crippen LogP contribution in [-0.4, -0.2) is 35.2 Å². The molecule has 0 atom stereocenters. The van der Waals surface area contributed by atoms with Crippen LogP contribution in [0.5, 0.6) is 0 Å². The average Bonchev–Trinajstić information content (AvgIpc) is 1.54. The average molecular weight is 1870 g/mol. The van der Waals surface area contributed by atoms with E-state index in [-0.39, 0.29) is 10.8 Å². The molecule has 4 aromatic heterocycles. The quantitative estimate of drug-likeness (QED) is 0.0803. The molecule has 2 aliphatic rings.